The lowest BCUT2D eigenvalue weighted by Gasteiger charge is -2.32. The standard InChI is InChI=1S/C14H28N2OS/c1-14(2,13(15)18)7-4-8-16-9-5-12(6-10-16)11-17-3/h12H,4-11H2,1-3H3,(H2,15,18). The molecule has 1 heterocycles. The molecule has 0 aromatic rings. The van der Waals surface area contributed by atoms with Crippen LogP contribution in [0, 0.1) is 11.3 Å². The summed E-state index contributed by atoms with van der Waals surface area (Å²) in [6, 6.07) is 0. The summed E-state index contributed by atoms with van der Waals surface area (Å²) in [4.78, 5) is 3.20. The quantitative estimate of drug-likeness (QED) is 0.723. The number of piperidine rings is 1. The summed E-state index contributed by atoms with van der Waals surface area (Å²) in [7, 11) is 1.80. The maximum Gasteiger partial charge on any atom is 0.0784 e. The first-order valence-electron chi connectivity index (χ1n) is 6.97. The number of likely N-dealkylation sites (tertiary alicyclic amines) is 1. The molecule has 1 saturated heterocycles. The third-order valence-electron chi connectivity index (χ3n) is 4.05. The summed E-state index contributed by atoms with van der Waals surface area (Å²) in [5.74, 6) is 0.763. The Morgan fingerprint density at radius 2 is 2.00 bits per heavy atom. The van der Waals surface area contributed by atoms with Crippen molar-refractivity contribution in [2.75, 3.05) is 33.4 Å². The van der Waals surface area contributed by atoms with Crippen molar-refractivity contribution in [2.45, 2.75) is 39.5 Å². The van der Waals surface area contributed by atoms with Crippen molar-refractivity contribution in [2.24, 2.45) is 17.1 Å². The molecule has 0 aliphatic carbocycles. The van der Waals surface area contributed by atoms with E-state index in [4.69, 9.17) is 22.7 Å². The Kier molecular flexibility index (Phi) is 6.53. The number of rotatable bonds is 7. The van der Waals surface area contributed by atoms with Gasteiger partial charge in [0, 0.05) is 19.1 Å². The molecule has 1 aliphatic rings. The van der Waals surface area contributed by atoms with E-state index in [1.807, 2.05) is 0 Å². The maximum absolute atomic E-state index is 5.74. The molecule has 3 nitrogen and oxygen atoms in total. The van der Waals surface area contributed by atoms with Gasteiger partial charge < -0.3 is 15.4 Å². The molecule has 0 aromatic heterocycles. The predicted octanol–water partition coefficient (Wildman–Crippen LogP) is 2.44. The molecule has 4 heteroatoms. The van der Waals surface area contributed by atoms with Crippen LogP contribution in [0.25, 0.3) is 0 Å². The first-order chi connectivity index (χ1) is 8.45. The van der Waals surface area contributed by atoms with Crippen LogP contribution in [0.4, 0.5) is 0 Å². The van der Waals surface area contributed by atoms with Gasteiger partial charge in [0.05, 0.1) is 4.99 Å². The molecule has 0 bridgehead atoms. The van der Waals surface area contributed by atoms with E-state index in [1.165, 1.54) is 38.9 Å². The van der Waals surface area contributed by atoms with Crippen LogP contribution in [0.5, 0.6) is 0 Å². The van der Waals surface area contributed by atoms with Crippen molar-refractivity contribution in [3.05, 3.63) is 0 Å². The van der Waals surface area contributed by atoms with E-state index in [9.17, 15) is 0 Å². The van der Waals surface area contributed by atoms with E-state index < -0.39 is 0 Å². The minimum absolute atomic E-state index is 0.00368. The van der Waals surface area contributed by atoms with Crippen LogP contribution < -0.4 is 5.73 Å². The third-order valence-corrected chi connectivity index (χ3v) is 4.61. The molecule has 18 heavy (non-hydrogen) atoms. The molecule has 0 radical (unpaired) electrons. The Balaban J connectivity index is 2.16. The Morgan fingerprint density at radius 1 is 1.39 bits per heavy atom. The first kappa shape index (κ1) is 15.9. The second-order valence-corrected chi connectivity index (χ2v) is 6.53. The van der Waals surface area contributed by atoms with Gasteiger partial charge >= 0.3 is 0 Å². The lowest BCUT2D eigenvalue weighted by Crippen LogP contribution is -2.36. The van der Waals surface area contributed by atoms with Crippen LogP contribution >= 0.6 is 12.2 Å². The van der Waals surface area contributed by atoms with Gasteiger partial charge in [0.25, 0.3) is 0 Å². The molecule has 1 fully saturated rings. The average molecular weight is 272 g/mol. The number of nitrogens with zero attached hydrogens (tertiary/aromatic N) is 1. The lowest BCUT2D eigenvalue weighted by molar-refractivity contribution is 0.0981. The predicted molar refractivity (Wildman–Crippen MR) is 80.8 cm³/mol. The highest BCUT2D eigenvalue weighted by Gasteiger charge is 2.22. The highest BCUT2D eigenvalue weighted by Crippen LogP contribution is 2.24. The summed E-state index contributed by atoms with van der Waals surface area (Å²) < 4.78 is 5.22. The van der Waals surface area contributed by atoms with Crippen molar-refractivity contribution in [1.29, 1.82) is 0 Å². The molecule has 0 unspecified atom stereocenters. The number of hydrogen-bond acceptors (Lipinski definition) is 3. The highest BCUT2D eigenvalue weighted by atomic mass is 32.1. The fourth-order valence-corrected chi connectivity index (χ4v) is 2.58. The number of nitrogens with two attached hydrogens (primary N) is 1. The normalized spacial score (nSPS) is 19.1. The number of ether oxygens (including phenoxy) is 1. The first-order valence-corrected chi connectivity index (χ1v) is 7.37. The average Bonchev–Trinajstić information content (AvgIpc) is 2.31. The van der Waals surface area contributed by atoms with Gasteiger partial charge in [-0.1, -0.05) is 26.1 Å². The van der Waals surface area contributed by atoms with Crippen LogP contribution in [0.15, 0.2) is 0 Å². The molecule has 106 valence electrons. The fraction of sp³-hybridized carbons (Fsp3) is 0.929. The molecular weight excluding hydrogens is 244 g/mol. The zero-order chi connectivity index (χ0) is 13.6. The van der Waals surface area contributed by atoms with Crippen molar-refractivity contribution in [1.82, 2.24) is 4.90 Å². The zero-order valence-corrected chi connectivity index (χ0v) is 12.9. The SMILES string of the molecule is COCC1CCN(CCCC(C)(C)C(N)=S)CC1. The molecule has 0 spiro atoms. The van der Waals surface area contributed by atoms with Gasteiger partial charge in [-0.15, -0.1) is 0 Å². The summed E-state index contributed by atoms with van der Waals surface area (Å²) in [6.45, 7) is 8.79. The number of hydrogen-bond donors (Lipinski definition) is 1. The Morgan fingerprint density at radius 3 is 2.50 bits per heavy atom. The summed E-state index contributed by atoms with van der Waals surface area (Å²) in [5.41, 5.74) is 5.75. The van der Waals surface area contributed by atoms with Gasteiger partial charge in [0.2, 0.25) is 0 Å². The number of thiocarbonyl (C=S) groups is 1. The van der Waals surface area contributed by atoms with E-state index in [0.29, 0.717) is 4.99 Å². The molecule has 0 amide bonds. The largest absolute Gasteiger partial charge is 0.393 e. The summed E-state index contributed by atoms with van der Waals surface area (Å²) in [6.07, 6.45) is 4.80. The fourth-order valence-electron chi connectivity index (χ4n) is 2.48. The van der Waals surface area contributed by atoms with Gasteiger partial charge in [0.1, 0.15) is 0 Å². The Bertz CT molecular complexity index is 261. The van der Waals surface area contributed by atoms with Gasteiger partial charge in [0.15, 0.2) is 0 Å². The Labute approximate surface area is 117 Å². The van der Waals surface area contributed by atoms with Crippen molar-refractivity contribution >= 4 is 17.2 Å². The van der Waals surface area contributed by atoms with Crippen LogP contribution in [-0.2, 0) is 4.74 Å². The molecule has 0 saturated carbocycles. The number of methoxy groups -OCH3 is 1. The smallest absolute Gasteiger partial charge is 0.0784 e. The molecule has 1 rings (SSSR count). The zero-order valence-electron chi connectivity index (χ0n) is 12.1. The van der Waals surface area contributed by atoms with E-state index >= 15 is 0 Å². The molecule has 0 atom stereocenters. The maximum atomic E-state index is 5.74. The highest BCUT2D eigenvalue weighted by molar-refractivity contribution is 7.80. The van der Waals surface area contributed by atoms with E-state index in [2.05, 4.69) is 18.7 Å². The third kappa shape index (κ3) is 5.21. The van der Waals surface area contributed by atoms with Gasteiger partial charge in [-0.2, -0.15) is 0 Å². The minimum Gasteiger partial charge on any atom is -0.393 e. The van der Waals surface area contributed by atoms with Crippen molar-refractivity contribution in [3.63, 3.8) is 0 Å². The van der Waals surface area contributed by atoms with Gasteiger partial charge in [-0.05, 0) is 51.2 Å². The molecule has 1 aliphatic heterocycles. The Hall–Kier alpha value is -0.190. The van der Waals surface area contributed by atoms with E-state index in [1.54, 1.807) is 7.11 Å². The van der Waals surface area contributed by atoms with E-state index in [0.717, 1.165) is 18.9 Å². The second-order valence-electron chi connectivity index (χ2n) is 6.09. The van der Waals surface area contributed by atoms with Gasteiger partial charge in [-0.25, -0.2) is 0 Å². The second kappa shape index (κ2) is 7.41. The summed E-state index contributed by atoms with van der Waals surface area (Å²) >= 11 is 5.10. The van der Waals surface area contributed by atoms with E-state index in [-0.39, 0.29) is 5.41 Å². The van der Waals surface area contributed by atoms with Crippen LogP contribution in [0.2, 0.25) is 0 Å². The van der Waals surface area contributed by atoms with Crippen LogP contribution in [0.3, 0.4) is 0 Å². The summed E-state index contributed by atoms with van der Waals surface area (Å²) in [5, 5.41) is 0. The minimum atomic E-state index is 0.00368. The van der Waals surface area contributed by atoms with Crippen LogP contribution in [0.1, 0.15) is 39.5 Å². The van der Waals surface area contributed by atoms with Crippen LogP contribution in [-0.4, -0.2) is 43.2 Å². The van der Waals surface area contributed by atoms with Crippen molar-refractivity contribution in [3.8, 4) is 0 Å². The molecule has 2 N–H and O–H groups in total. The molecular formula is C14H28N2OS. The molecule has 0 aromatic carbocycles. The van der Waals surface area contributed by atoms with Gasteiger partial charge in [-0.3, -0.25) is 0 Å². The van der Waals surface area contributed by atoms with Crippen molar-refractivity contribution < 1.29 is 4.74 Å². The lowest BCUT2D eigenvalue weighted by atomic mass is 9.87. The monoisotopic (exact) mass is 272 g/mol. The topological polar surface area (TPSA) is 38.5 Å².